The zero-order valence-corrected chi connectivity index (χ0v) is 14.5. The van der Waals surface area contributed by atoms with Gasteiger partial charge in [0.1, 0.15) is 0 Å². The van der Waals surface area contributed by atoms with E-state index in [1.54, 1.807) is 0 Å². The molecule has 0 heterocycles. The maximum absolute atomic E-state index is 3.55. The Morgan fingerprint density at radius 2 is 1.26 bits per heavy atom. The lowest BCUT2D eigenvalue weighted by atomic mass is 9.96. The highest BCUT2D eigenvalue weighted by Gasteiger charge is 2.13. The van der Waals surface area contributed by atoms with Crippen LogP contribution in [0, 0.1) is 13.8 Å². The number of benzene rings is 2. The zero-order valence-electron chi connectivity index (χ0n) is 11.3. The molecule has 0 saturated carbocycles. The summed E-state index contributed by atoms with van der Waals surface area (Å²) in [4.78, 5) is 0. The van der Waals surface area contributed by atoms with Gasteiger partial charge in [0.25, 0.3) is 0 Å². The number of rotatable bonds is 3. The molecule has 0 bridgehead atoms. The number of halogens is 2. The summed E-state index contributed by atoms with van der Waals surface area (Å²) in [6.45, 7) is 4.28. The largest absolute Gasteiger partial charge is 0.309 e. The van der Waals surface area contributed by atoms with Crippen LogP contribution in [-0.2, 0) is 0 Å². The fourth-order valence-electron chi connectivity index (χ4n) is 2.44. The van der Waals surface area contributed by atoms with Crippen LogP contribution < -0.4 is 5.32 Å². The summed E-state index contributed by atoms with van der Waals surface area (Å²) >= 11 is 7.11. The third-order valence-electron chi connectivity index (χ3n) is 3.08. The van der Waals surface area contributed by atoms with E-state index in [0.29, 0.717) is 0 Å². The molecule has 0 amide bonds. The maximum Gasteiger partial charge on any atom is 0.0575 e. The van der Waals surface area contributed by atoms with Gasteiger partial charge in [0.15, 0.2) is 0 Å². The second-order valence-electron chi connectivity index (χ2n) is 4.85. The van der Waals surface area contributed by atoms with Crippen molar-refractivity contribution >= 4 is 31.9 Å². The van der Waals surface area contributed by atoms with Crippen LogP contribution in [-0.4, -0.2) is 7.05 Å². The van der Waals surface area contributed by atoms with Crippen LogP contribution in [0.5, 0.6) is 0 Å². The normalized spacial score (nSPS) is 12.5. The van der Waals surface area contributed by atoms with E-state index < -0.39 is 0 Å². The van der Waals surface area contributed by atoms with E-state index in [9.17, 15) is 0 Å². The van der Waals surface area contributed by atoms with Gasteiger partial charge in [-0.3, -0.25) is 0 Å². The Morgan fingerprint density at radius 1 is 0.789 bits per heavy atom. The van der Waals surface area contributed by atoms with E-state index >= 15 is 0 Å². The number of hydrogen-bond donors (Lipinski definition) is 1. The van der Waals surface area contributed by atoms with E-state index in [2.05, 4.69) is 87.4 Å². The van der Waals surface area contributed by atoms with Gasteiger partial charge in [0, 0.05) is 8.95 Å². The predicted octanol–water partition coefficient (Wildman–Crippen LogP) is 5.14. The van der Waals surface area contributed by atoms with Crippen LogP contribution in [0.2, 0.25) is 0 Å². The smallest absolute Gasteiger partial charge is 0.0575 e. The molecule has 0 saturated heterocycles. The predicted molar refractivity (Wildman–Crippen MR) is 88.7 cm³/mol. The lowest BCUT2D eigenvalue weighted by Gasteiger charge is -2.19. The Morgan fingerprint density at radius 3 is 1.74 bits per heavy atom. The summed E-state index contributed by atoms with van der Waals surface area (Å²) in [7, 11) is 2.00. The highest BCUT2D eigenvalue weighted by molar-refractivity contribution is 9.11. The fraction of sp³-hybridized carbons (Fsp3) is 0.250. The van der Waals surface area contributed by atoms with Crippen LogP contribution in [0.15, 0.2) is 45.3 Å². The van der Waals surface area contributed by atoms with Crippen LogP contribution >= 0.6 is 31.9 Å². The van der Waals surface area contributed by atoms with Crippen molar-refractivity contribution in [3.05, 3.63) is 67.6 Å². The molecule has 1 unspecified atom stereocenters. The van der Waals surface area contributed by atoms with Crippen LogP contribution in [0.4, 0.5) is 0 Å². The quantitative estimate of drug-likeness (QED) is 0.775. The molecule has 1 N–H and O–H groups in total. The summed E-state index contributed by atoms with van der Waals surface area (Å²) in [5, 5.41) is 3.40. The monoisotopic (exact) mass is 381 g/mol. The molecule has 1 atom stereocenters. The van der Waals surface area contributed by atoms with Crippen molar-refractivity contribution in [3.8, 4) is 0 Å². The molecule has 0 radical (unpaired) electrons. The summed E-state index contributed by atoms with van der Waals surface area (Å²) in [5.41, 5.74) is 5.13. The van der Waals surface area contributed by atoms with E-state index in [1.807, 2.05) is 7.05 Å². The molecule has 2 aromatic carbocycles. The molecular formula is C16H17Br2N. The topological polar surface area (TPSA) is 12.0 Å². The summed E-state index contributed by atoms with van der Waals surface area (Å²) in [5.74, 6) is 0. The van der Waals surface area contributed by atoms with Crippen molar-refractivity contribution in [2.24, 2.45) is 0 Å². The van der Waals surface area contributed by atoms with E-state index in [1.165, 1.54) is 22.3 Å². The second-order valence-corrected chi connectivity index (χ2v) is 6.68. The van der Waals surface area contributed by atoms with Gasteiger partial charge in [-0.15, -0.1) is 0 Å². The standard InChI is InChI=1S/C16H17Br2N/c1-10-4-11(2)6-12(5-10)16(19-3)13-7-14(17)9-15(18)8-13/h4-9,16,19H,1-3H3. The van der Waals surface area contributed by atoms with E-state index in [-0.39, 0.29) is 6.04 Å². The van der Waals surface area contributed by atoms with Crippen LogP contribution in [0.3, 0.4) is 0 Å². The molecule has 0 aliphatic heterocycles. The van der Waals surface area contributed by atoms with Crippen molar-refractivity contribution in [2.45, 2.75) is 19.9 Å². The van der Waals surface area contributed by atoms with Crippen LogP contribution in [0.1, 0.15) is 28.3 Å². The SMILES string of the molecule is CNC(c1cc(C)cc(C)c1)c1cc(Br)cc(Br)c1. The van der Waals surface area contributed by atoms with Crippen molar-refractivity contribution in [3.63, 3.8) is 0 Å². The van der Waals surface area contributed by atoms with Crippen molar-refractivity contribution in [1.29, 1.82) is 0 Å². The number of aryl methyl sites for hydroxylation is 2. The first-order chi connectivity index (χ1) is 8.99. The molecule has 1 nitrogen and oxygen atoms in total. The average Bonchev–Trinajstić information content (AvgIpc) is 2.27. The first-order valence-electron chi connectivity index (χ1n) is 6.21. The molecule has 0 aromatic heterocycles. The number of nitrogens with one attached hydrogen (secondary N) is 1. The first-order valence-corrected chi connectivity index (χ1v) is 7.79. The van der Waals surface area contributed by atoms with Gasteiger partial charge in [-0.25, -0.2) is 0 Å². The molecule has 0 aliphatic rings. The third kappa shape index (κ3) is 3.68. The molecule has 100 valence electrons. The molecule has 0 fully saturated rings. The Bertz CT molecular complexity index is 501. The Labute approximate surface area is 131 Å². The highest BCUT2D eigenvalue weighted by atomic mass is 79.9. The Balaban J connectivity index is 2.49. The van der Waals surface area contributed by atoms with Gasteiger partial charge in [0.05, 0.1) is 6.04 Å². The van der Waals surface area contributed by atoms with Gasteiger partial charge < -0.3 is 5.32 Å². The molecule has 2 aromatic rings. The Hall–Kier alpha value is -0.640. The zero-order chi connectivity index (χ0) is 14.0. The molecular weight excluding hydrogens is 366 g/mol. The summed E-state index contributed by atoms with van der Waals surface area (Å²) in [6.07, 6.45) is 0. The van der Waals surface area contributed by atoms with Crippen molar-refractivity contribution < 1.29 is 0 Å². The van der Waals surface area contributed by atoms with Gasteiger partial charge in [-0.05, 0) is 50.2 Å². The lowest BCUT2D eigenvalue weighted by Crippen LogP contribution is -2.18. The van der Waals surface area contributed by atoms with Gasteiger partial charge in [0.2, 0.25) is 0 Å². The average molecular weight is 383 g/mol. The van der Waals surface area contributed by atoms with Crippen LogP contribution in [0.25, 0.3) is 0 Å². The minimum Gasteiger partial charge on any atom is -0.309 e. The minimum atomic E-state index is 0.201. The molecule has 0 aliphatic carbocycles. The lowest BCUT2D eigenvalue weighted by molar-refractivity contribution is 0.690. The minimum absolute atomic E-state index is 0.201. The Kier molecular flexibility index (Phi) is 4.82. The number of hydrogen-bond acceptors (Lipinski definition) is 1. The fourth-order valence-corrected chi connectivity index (χ4v) is 3.77. The first kappa shape index (κ1) is 14.8. The molecule has 19 heavy (non-hydrogen) atoms. The third-order valence-corrected chi connectivity index (χ3v) is 4.00. The van der Waals surface area contributed by atoms with Gasteiger partial charge in [-0.1, -0.05) is 61.2 Å². The second kappa shape index (κ2) is 6.21. The summed E-state index contributed by atoms with van der Waals surface area (Å²) in [6, 6.07) is 13.2. The van der Waals surface area contributed by atoms with Gasteiger partial charge in [-0.2, -0.15) is 0 Å². The van der Waals surface area contributed by atoms with Gasteiger partial charge >= 0.3 is 0 Å². The van der Waals surface area contributed by atoms with Crippen molar-refractivity contribution in [2.75, 3.05) is 7.05 Å². The maximum atomic E-state index is 3.55. The molecule has 3 heteroatoms. The van der Waals surface area contributed by atoms with E-state index in [4.69, 9.17) is 0 Å². The van der Waals surface area contributed by atoms with E-state index in [0.717, 1.165) is 8.95 Å². The molecule has 0 spiro atoms. The highest BCUT2D eigenvalue weighted by Crippen LogP contribution is 2.29. The molecule has 2 rings (SSSR count). The summed E-state index contributed by atoms with van der Waals surface area (Å²) < 4.78 is 2.17. The van der Waals surface area contributed by atoms with Crippen molar-refractivity contribution in [1.82, 2.24) is 5.32 Å².